The highest BCUT2D eigenvalue weighted by atomic mass is 32.2. The number of esters is 2. The Labute approximate surface area is 144 Å². The minimum Gasteiger partial charge on any atom is -0.456 e. The van der Waals surface area contributed by atoms with Crippen molar-refractivity contribution in [3.8, 4) is 0 Å². The maximum Gasteiger partial charge on any atom is 0.344 e. The van der Waals surface area contributed by atoms with E-state index in [9.17, 15) is 28.2 Å². The third-order valence-electron chi connectivity index (χ3n) is 5.48. The van der Waals surface area contributed by atoms with Crippen molar-refractivity contribution in [1.82, 2.24) is 0 Å². The van der Waals surface area contributed by atoms with E-state index in [1.165, 1.54) is 6.92 Å². The summed E-state index contributed by atoms with van der Waals surface area (Å²) in [7, 11) is -3.92. The molecule has 2 N–H and O–H groups in total. The maximum atomic E-state index is 12.2. The van der Waals surface area contributed by atoms with Gasteiger partial charge < -0.3 is 19.7 Å². The van der Waals surface area contributed by atoms with E-state index in [1.54, 1.807) is 0 Å². The summed E-state index contributed by atoms with van der Waals surface area (Å²) in [5.41, 5.74) is -1.98. The topological polar surface area (TPSA) is 136 Å². The van der Waals surface area contributed by atoms with Crippen LogP contribution in [0.15, 0.2) is 12.2 Å². The first-order valence-electron chi connectivity index (χ1n) is 7.78. The smallest absolute Gasteiger partial charge is 0.344 e. The van der Waals surface area contributed by atoms with Crippen molar-refractivity contribution in [1.29, 1.82) is 0 Å². The predicted molar refractivity (Wildman–Crippen MR) is 81.5 cm³/mol. The molecule has 5 atom stereocenters. The second-order valence-corrected chi connectivity index (χ2v) is 8.80. The van der Waals surface area contributed by atoms with Crippen molar-refractivity contribution in [2.24, 2.45) is 10.8 Å². The Morgan fingerprint density at radius 3 is 2.56 bits per heavy atom. The highest BCUT2D eigenvalue weighted by molar-refractivity contribution is 7.87. The van der Waals surface area contributed by atoms with Gasteiger partial charge in [-0.05, 0) is 19.8 Å². The highest BCUT2D eigenvalue weighted by Crippen LogP contribution is 2.68. The molecule has 2 bridgehead atoms. The van der Waals surface area contributed by atoms with Gasteiger partial charge in [-0.15, -0.1) is 0 Å². The molecule has 0 spiro atoms. The Hall–Kier alpha value is -1.49. The molecule has 0 aromatic carbocycles. The standard InChI is InChI=1S/C15H20O9S/c1-8(2)13(19)22-4-10(18)23-11-12-15(7-17)5-14(11,6-16)3-9(15)25(20,21)24-12/h9,11-12,16-17H,1,3-7H2,2H3. The molecule has 0 radical (unpaired) electrons. The van der Waals surface area contributed by atoms with Gasteiger partial charge >= 0.3 is 11.9 Å². The van der Waals surface area contributed by atoms with E-state index in [2.05, 4.69) is 6.58 Å². The van der Waals surface area contributed by atoms with Gasteiger partial charge in [0.05, 0.1) is 18.5 Å². The van der Waals surface area contributed by atoms with Crippen LogP contribution in [0.25, 0.3) is 0 Å². The molecule has 2 saturated carbocycles. The van der Waals surface area contributed by atoms with E-state index in [1.807, 2.05) is 0 Å². The van der Waals surface area contributed by atoms with Crippen LogP contribution >= 0.6 is 0 Å². The first-order chi connectivity index (χ1) is 11.6. The largest absolute Gasteiger partial charge is 0.456 e. The highest BCUT2D eigenvalue weighted by Gasteiger charge is 2.79. The third-order valence-corrected chi connectivity index (χ3v) is 7.29. The third kappa shape index (κ3) is 2.50. The van der Waals surface area contributed by atoms with Crippen LogP contribution in [-0.2, 0) is 33.4 Å². The number of rotatable bonds is 6. The number of fused-ring (bicyclic) bond motifs is 1. The lowest BCUT2D eigenvalue weighted by Gasteiger charge is -2.36. The van der Waals surface area contributed by atoms with Gasteiger partial charge in [-0.3, -0.25) is 4.18 Å². The van der Waals surface area contributed by atoms with Crippen LogP contribution in [0.1, 0.15) is 19.8 Å². The molecule has 1 heterocycles. The minimum atomic E-state index is -3.92. The van der Waals surface area contributed by atoms with Crippen molar-refractivity contribution in [3.05, 3.63) is 12.2 Å². The van der Waals surface area contributed by atoms with E-state index in [0.717, 1.165) is 0 Å². The Morgan fingerprint density at radius 1 is 1.32 bits per heavy atom. The number of ether oxygens (including phenoxy) is 2. The van der Waals surface area contributed by atoms with Crippen LogP contribution < -0.4 is 0 Å². The fourth-order valence-electron chi connectivity index (χ4n) is 4.35. The Morgan fingerprint density at radius 2 is 2.00 bits per heavy atom. The summed E-state index contributed by atoms with van der Waals surface area (Å²) in [5, 5.41) is 18.7. The Bertz CT molecular complexity index is 729. The lowest BCUT2D eigenvalue weighted by Crippen LogP contribution is -2.50. The molecule has 10 heteroatoms. The zero-order valence-corrected chi connectivity index (χ0v) is 14.5. The Balaban J connectivity index is 1.79. The summed E-state index contributed by atoms with van der Waals surface area (Å²) in [4.78, 5) is 23.3. The van der Waals surface area contributed by atoms with Crippen molar-refractivity contribution in [3.63, 3.8) is 0 Å². The van der Waals surface area contributed by atoms with E-state index < -0.39 is 70.2 Å². The average Bonchev–Trinajstić information content (AvgIpc) is 3.08. The van der Waals surface area contributed by atoms with Gasteiger partial charge in [-0.2, -0.15) is 8.42 Å². The zero-order valence-electron chi connectivity index (χ0n) is 13.6. The number of aliphatic hydroxyl groups is 2. The molecule has 5 unspecified atom stereocenters. The summed E-state index contributed by atoms with van der Waals surface area (Å²) in [6.07, 6.45) is -1.90. The van der Waals surface area contributed by atoms with Gasteiger partial charge in [0.15, 0.2) is 6.61 Å². The number of hydrogen-bond donors (Lipinski definition) is 2. The quantitative estimate of drug-likeness (QED) is 0.335. The zero-order chi connectivity index (χ0) is 18.6. The molecule has 3 aliphatic rings. The molecule has 1 aliphatic heterocycles. The van der Waals surface area contributed by atoms with Crippen LogP contribution in [0.4, 0.5) is 0 Å². The van der Waals surface area contributed by atoms with Gasteiger partial charge in [0.1, 0.15) is 12.2 Å². The van der Waals surface area contributed by atoms with Crippen LogP contribution in [0, 0.1) is 10.8 Å². The van der Waals surface area contributed by atoms with Crippen LogP contribution in [0.2, 0.25) is 0 Å². The lowest BCUT2D eigenvalue weighted by molar-refractivity contribution is -0.173. The molecular formula is C15H20O9S. The molecule has 2 aliphatic carbocycles. The molecule has 3 fully saturated rings. The lowest BCUT2D eigenvalue weighted by atomic mass is 9.78. The number of carbonyl (C=O) groups excluding carboxylic acids is 2. The fourth-order valence-corrected chi connectivity index (χ4v) is 6.47. The maximum absolute atomic E-state index is 12.2. The van der Waals surface area contributed by atoms with Crippen molar-refractivity contribution >= 4 is 22.1 Å². The van der Waals surface area contributed by atoms with Crippen molar-refractivity contribution < 1.29 is 41.9 Å². The molecule has 0 aromatic rings. The molecule has 9 nitrogen and oxygen atoms in total. The molecule has 0 amide bonds. The summed E-state index contributed by atoms with van der Waals surface area (Å²) in [6, 6.07) is 0. The first-order valence-corrected chi connectivity index (χ1v) is 9.25. The monoisotopic (exact) mass is 376 g/mol. The van der Waals surface area contributed by atoms with Crippen LogP contribution in [0.5, 0.6) is 0 Å². The molecule has 3 rings (SSSR count). The van der Waals surface area contributed by atoms with E-state index in [4.69, 9.17) is 13.7 Å². The summed E-state index contributed by atoms with van der Waals surface area (Å²) in [5.74, 6) is -1.65. The average molecular weight is 376 g/mol. The Kier molecular flexibility index (Phi) is 4.22. The first kappa shape index (κ1) is 18.3. The number of hydrogen-bond acceptors (Lipinski definition) is 9. The SMILES string of the molecule is C=C(C)C(=O)OCC(=O)OC1C2OS(=O)(=O)C3CC1(CO)CC23CO. The summed E-state index contributed by atoms with van der Waals surface area (Å²) in [6.45, 7) is 3.27. The van der Waals surface area contributed by atoms with Crippen molar-refractivity contribution in [2.45, 2.75) is 37.2 Å². The van der Waals surface area contributed by atoms with Crippen molar-refractivity contribution in [2.75, 3.05) is 19.8 Å². The fraction of sp³-hybridized carbons (Fsp3) is 0.733. The predicted octanol–water partition coefficient (Wildman–Crippen LogP) is -1.12. The molecule has 0 aromatic heterocycles. The minimum absolute atomic E-state index is 0.0341. The van der Waals surface area contributed by atoms with Gasteiger partial charge in [0.2, 0.25) is 0 Å². The second kappa shape index (κ2) is 5.76. The van der Waals surface area contributed by atoms with Gasteiger partial charge in [-0.25, -0.2) is 9.59 Å². The molecule has 1 saturated heterocycles. The van der Waals surface area contributed by atoms with E-state index >= 15 is 0 Å². The summed E-state index contributed by atoms with van der Waals surface area (Å²) < 4.78 is 39.5. The van der Waals surface area contributed by atoms with Crippen LogP contribution in [0.3, 0.4) is 0 Å². The molecule has 25 heavy (non-hydrogen) atoms. The van der Waals surface area contributed by atoms with Gasteiger partial charge in [0, 0.05) is 16.4 Å². The van der Waals surface area contributed by atoms with E-state index in [-0.39, 0.29) is 18.4 Å². The van der Waals surface area contributed by atoms with Gasteiger partial charge in [-0.1, -0.05) is 6.58 Å². The van der Waals surface area contributed by atoms with Gasteiger partial charge in [0.25, 0.3) is 10.1 Å². The number of carbonyl (C=O) groups is 2. The second-order valence-electron chi connectivity index (χ2n) is 7.06. The number of aliphatic hydroxyl groups excluding tert-OH is 2. The molecular weight excluding hydrogens is 356 g/mol. The normalized spacial score (nSPS) is 40.0. The van der Waals surface area contributed by atoms with Crippen LogP contribution in [-0.4, -0.2) is 67.8 Å². The molecule has 140 valence electrons. The summed E-state index contributed by atoms with van der Waals surface area (Å²) >= 11 is 0. The van der Waals surface area contributed by atoms with E-state index in [0.29, 0.717) is 0 Å².